The van der Waals surface area contributed by atoms with Crippen LogP contribution in [0.4, 0.5) is 0 Å². The molecule has 0 aliphatic carbocycles. The van der Waals surface area contributed by atoms with Crippen LogP contribution in [0.15, 0.2) is 23.7 Å². The maximum Gasteiger partial charge on any atom is 0.168 e. The Morgan fingerprint density at radius 1 is 1.55 bits per heavy atom. The summed E-state index contributed by atoms with van der Waals surface area (Å²) in [7, 11) is -3.00. The van der Waals surface area contributed by atoms with Gasteiger partial charge in [-0.05, 0) is 18.2 Å². The van der Waals surface area contributed by atoms with Gasteiger partial charge in [0.2, 0.25) is 0 Å². The Bertz CT molecular complexity index is 335. The Morgan fingerprint density at radius 3 is 2.73 bits per heavy atom. The summed E-state index contributed by atoms with van der Waals surface area (Å²) in [4.78, 5) is 2.86. The smallest absolute Gasteiger partial charge is 0.168 e. The molecule has 0 atom stereocenters. The van der Waals surface area contributed by atoms with Crippen LogP contribution in [-0.4, -0.2) is 19.7 Å². The van der Waals surface area contributed by atoms with Crippen LogP contribution in [0.2, 0.25) is 0 Å². The van der Waals surface area contributed by atoms with Gasteiger partial charge in [0.25, 0.3) is 0 Å². The Morgan fingerprint density at radius 2 is 2.27 bits per heavy atom. The number of aromatic nitrogens is 1. The van der Waals surface area contributed by atoms with Gasteiger partial charge in [-0.1, -0.05) is 0 Å². The number of rotatable bonds is 2. The van der Waals surface area contributed by atoms with Crippen molar-refractivity contribution in [3.8, 4) is 0 Å². The lowest BCUT2D eigenvalue weighted by atomic mass is 10.4. The van der Waals surface area contributed by atoms with Crippen LogP contribution in [-0.2, 0) is 9.84 Å². The van der Waals surface area contributed by atoms with Crippen molar-refractivity contribution < 1.29 is 8.42 Å². The highest BCUT2D eigenvalue weighted by Crippen LogP contribution is 1.98. The van der Waals surface area contributed by atoms with Crippen molar-refractivity contribution in [2.24, 2.45) is 0 Å². The van der Waals surface area contributed by atoms with Crippen molar-refractivity contribution in [1.29, 1.82) is 0 Å². The molecule has 0 spiro atoms. The molecule has 0 amide bonds. The first-order valence-electron chi connectivity index (χ1n) is 3.09. The van der Waals surface area contributed by atoms with Crippen molar-refractivity contribution in [3.05, 3.63) is 29.4 Å². The van der Waals surface area contributed by atoms with Crippen molar-refractivity contribution in [2.75, 3.05) is 6.26 Å². The molecule has 1 N–H and O–H groups in total. The van der Waals surface area contributed by atoms with E-state index in [1.54, 1.807) is 12.3 Å². The van der Waals surface area contributed by atoms with Crippen LogP contribution in [0.3, 0.4) is 0 Å². The summed E-state index contributed by atoms with van der Waals surface area (Å²) in [6.07, 6.45) is 4.42. The fourth-order valence-corrected chi connectivity index (χ4v) is 1.04. The molecule has 0 aromatic carbocycles. The van der Waals surface area contributed by atoms with Crippen molar-refractivity contribution in [2.45, 2.75) is 0 Å². The van der Waals surface area contributed by atoms with E-state index in [0.717, 1.165) is 11.9 Å². The molecule has 1 rings (SSSR count). The third-order valence-electron chi connectivity index (χ3n) is 1.12. The standard InChI is InChI=1S/C7H9NO2S/c1-11(9,10)6-4-7-3-2-5-8-7/h2-6,8H,1H3/b6-4-. The van der Waals surface area contributed by atoms with Gasteiger partial charge in [0.1, 0.15) is 0 Å². The monoisotopic (exact) mass is 171 g/mol. The second-order valence-corrected chi connectivity index (χ2v) is 4.19. The zero-order valence-electron chi connectivity index (χ0n) is 6.11. The van der Waals surface area contributed by atoms with Gasteiger partial charge in [0.15, 0.2) is 9.84 Å². The number of nitrogens with one attached hydrogen (secondary N) is 1. The highest BCUT2D eigenvalue weighted by Gasteiger charge is 1.92. The molecule has 0 radical (unpaired) electrons. The summed E-state index contributed by atoms with van der Waals surface area (Å²) in [5.41, 5.74) is 0.787. The summed E-state index contributed by atoms with van der Waals surface area (Å²) in [5.74, 6) is 0. The molecule has 1 aromatic heterocycles. The van der Waals surface area contributed by atoms with Gasteiger partial charge in [0, 0.05) is 23.6 Å². The molecule has 4 heteroatoms. The Kier molecular flexibility index (Phi) is 2.14. The van der Waals surface area contributed by atoms with E-state index in [9.17, 15) is 8.42 Å². The predicted octanol–water partition coefficient (Wildman–Crippen LogP) is 1.03. The van der Waals surface area contributed by atoms with Gasteiger partial charge >= 0.3 is 0 Å². The molecule has 0 aliphatic rings. The van der Waals surface area contributed by atoms with E-state index in [0.29, 0.717) is 0 Å². The second kappa shape index (κ2) is 2.92. The van der Waals surface area contributed by atoms with Gasteiger partial charge in [-0.2, -0.15) is 0 Å². The maximum absolute atomic E-state index is 10.6. The molecule has 1 heterocycles. The van der Waals surface area contributed by atoms with E-state index in [-0.39, 0.29) is 0 Å². The maximum atomic E-state index is 10.6. The van der Waals surface area contributed by atoms with Crippen LogP contribution in [0, 0.1) is 0 Å². The van der Waals surface area contributed by atoms with E-state index in [1.807, 2.05) is 6.07 Å². The third-order valence-corrected chi connectivity index (χ3v) is 1.75. The van der Waals surface area contributed by atoms with Crippen LogP contribution in [0.25, 0.3) is 6.08 Å². The van der Waals surface area contributed by atoms with Gasteiger partial charge in [0.05, 0.1) is 0 Å². The lowest BCUT2D eigenvalue weighted by Gasteiger charge is -1.84. The van der Waals surface area contributed by atoms with Crippen LogP contribution in [0.5, 0.6) is 0 Å². The highest BCUT2D eigenvalue weighted by atomic mass is 32.2. The Hall–Kier alpha value is -1.03. The number of hydrogen-bond donors (Lipinski definition) is 1. The minimum Gasteiger partial charge on any atom is -0.362 e. The van der Waals surface area contributed by atoms with E-state index >= 15 is 0 Å². The number of aromatic amines is 1. The zero-order valence-corrected chi connectivity index (χ0v) is 6.93. The first-order chi connectivity index (χ1) is 5.08. The molecular weight excluding hydrogens is 162 g/mol. The quantitative estimate of drug-likeness (QED) is 0.722. The molecule has 0 unspecified atom stereocenters. The molecule has 60 valence electrons. The third kappa shape index (κ3) is 3.04. The average Bonchev–Trinajstić information content (AvgIpc) is 2.32. The van der Waals surface area contributed by atoms with E-state index in [2.05, 4.69) is 4.98 Å². The minimum absolute atomic E-state index is 0.787. The van der Waals surface area contributed by atoms with Gasteiger partial charge in [-0.25, -0.2) is 8.42 Å². The van der Waals surface area contributed by atoms with Crippen molar-refractivity contribution in [3.63, 3.8) is 0 Å². The van der Waals surface area contributed by atoms with E-state index in [4.69, 9.17) is 0 Å². The summed E-state index contributed by atoms with van der Waals surface area (Å²) >= 11 is 0. The second-order valence-electron chi connectivity index (χ2n) is 2.26. The van der Waals surface area contributed by atoms with Gasteiger partial charge in [-0.15, -0.1) is 0 Å². The molecule has 0 fully saturated rings. The first-order valence-corrected chi connectivity index (χ1v) is 5.05. The zero-order chi connectivity index (χ0) is 8.32. The van der Waals surface area contributed by atoms with Crippen molar-refractivity contribution in [1.82, 2.24) is 4.98 Å². The highest BCUT2D eigenvalue weighted by molar-refractivity contribution is 7.93. The number of hydrogen-bond acceptors (Lipinski definition) is 2. The summed E-state index contributed by atoms with van der Waals surface area (Å²) in [5, 5.41) is 1.17. The molecule has 0 bridgehead atoms. The molecule has 0 saturated heterocycles. The van der Waals surface area contributed by atoms with E-state index in [1.165, 1.54) is 11.5 Å². The van der Waals surface area contributed by atoms with Crippen LogP contribution >= 0.6 is 0 Å². The Balaban J connectivity index is 2.79. The molecular formula is C7H9NO2S. The molecule has 1 aromatic rings. The molecule has 0 aliphatic heterocycles. The van der Waals surface area contributed by atoms with Gasteiger partial charge in [-0.3, -0.25) is 0 Å². The number of H-pyrrole nitrogens is 1. The summed E-state index contributed by atoms with van der Waals surface area (Å²) in [6.45, 7) is 0. The summed E-state index contributed by atoms with van der Waals surface area (Å²) in [6, 6.07) is 3.60. The fourth-order valence-electron chi connectivity index (χ4n) is 0.645. The largest absolute Gasteiger partial charge is 0.362 e. The van der Waals surface area contributed by atoms with E-state index < -0.39 is 9.84 Å². The minimum atomic E-state index is -3.00. The SMILES string of the molecule is CS(=O)(=O)/C=C\c1ccc[nH]1. The fraction of sp³-hybridized carbons (Fsp3) is 0.143. The van der Waals surface area contributed by atoms with Crippen molar-refractivity contribution >= 4 is 15.9 Å². The Labute approximate surface area is 65.7 Å². The topological polar surface area (TPSA) is 49.9 Å². The van der Waals surface area contributed by atoms with Crippen LogP contribution in [0.1, 0.15) is 5.69 Å². The summed E-state index contributed by atoms with van der Waals surface area (Å²) < 4.78 is 21.3. The molecule has 11 heavy (non-hydrogen) atoms. The van der Waals surface area contributed by atoms with Crippen LogP contribution < -0.4 is 0 Å². The normalized spacial score (nSPS) is 12.5. The molecule has 3 nitrogen and oxygen atoms in total. The average molecular weight is 171 g/mol. The molecule has 0 saturated carbocycles. The predicted molar refractivity (Wildman–Crippen MR) is 44.7 cm³/mol. The van der Waals surface area contributed by atoms with Gasteiger partial charge < -0.3 is 4.98 Å². The lowest BCUT2D eigenvalue weighted by Crippen LogP contribution is -1.87. The first kappa shape index (κ1) is 8.07. The lowest BCUT2D eigenvalue weighted by molar-refractivity contribution is 0.610. The number of sulfone groups is 1.